The summed E-state index contributed by atoms with van der Waals surface area (Å²) < 4.78 is 11.7. The molecule has 1 amide bonds. The third-order valence-electron chi connectivity index (χ3n) is 5.61. The number of hydrogen-bond acceptors (Lipinski definition) is 4. The highest BCUT2D eigenvalue weighted by Crippen LogP contribution is 2.45. The molecule has 0 N–H and O–H groups in total. The highest BCUT2D eigenvalue weighted by atomic mass is 16.5. The maximum Gasteiger partial charge on any atom is 0.263 e. The molecule has 4 rings (SSSR count). The van der Waals surface area contributed by atoms with Crippen molar-refractivity contribution in [3.05, 3.63) is 54.6 Å². The minimum atomic E-state index is -0.132. The molecule has 0 aromatic heterocycles. The van der Waals surface area contributed by atoms with Crippen molar-refractivity contribution in [3.8, 4) is 11.5 Å². The topological polar surface area (TPSA) is 42.0 Å². The Balaban J connectivity index is 1.59. The van der Waals surface area contributed by atoms with Crippen molar-refractivity contribution in [2.24, 2.45) is 0 Å². The van der Waals surface area contributed by atoms with E-state index in [-0.39, 0.29) is 12.0 Å². The number of benzene rings is 2. The number of anilines is 2. The number of fused-ring (bicyclic) bond motifs is 1. The molecule has 1 fully saturated rings. The van der Waals surface area contributed by atoms with Crippen LogP contribution in [0.25, 0.3) is 5.57 Å². The molecule has 28 heavy (non-hydrogen) atoms. The SMILES string of the molecule is C=C1C(=O)N(c2ccccc2OC)c2ccc(OC3CCN(CC)CC3)cc21. The second kappa shape index (κ2) is 7.68. The monoisotopic (exact) mass is 378 g/mol. The lowest BCUT2D eigenvalue weighted by Crippen LogP contribution is -2.37. The predicted octanol–water partition coefficient (Wildman–Crippen LogP) is 4.25. The zero-order valence-corrected chi connectivity index (χ0v) is 16.5. The number of nitrogens with zero attached hydrogens (tertiary/aromatic N) is 2. The van der Waals surface area contributed by atoms with E-state index in [1.165, 1.54) is 0 Å². The Kier molecular flexibility index (Phi) is 5.09. The van der Waals surface area contributed by atoms with Crippen LogP contribution in [0.3, 0.4) is 0 Å². The maximum absolute atomic E-state index is 12.9. The summed E-state index contributed by atoms with van der Waals surface area (Å²) in [7, 11) is 1.61. The van der Waals surface area contributed by atoms with E-state index in [1.807, 2.05) is 42.5 Å². The molecule has 0 aliphatic carbocycles. The van der Waals surface area contributed by atoms with Crippen LogP contribution in [0.15, 0.2) is 49.0 Å². The summed E-state index contributed by atoms with van der Waals surface area (Å²) in [5.74, 6) is 1.32. The summed E-state index contributed by atoms with van der Waals surface area (Å²) in [5.41, 5.74) is 2.83. The van der Waals surface area contributed by atoms with Gasteiger partial charge < -0.3 is 14.4 Å². The molecule has 0 saturated carbocycles. The van der Waals surface area contributed by atoms with Crippen molar-refractivity contribution in [1.29, 1.82) is 0 Å². The lowest BCUT2D eigenvalue weighted by molar-refractivity contribution is -0.112. The molecule has 0 spiro atoms. The number of likely N-dealkylation sites (tertiary alicyclic amines) is 1. The Morgan fingerprint density at radius 3 is 2.57 bits per heavy atom. The van der Waals surface area contributed by atoms with Gasteiger partial charge >= 0.3 is 0 Å². The third-order valence-corrected chi connectivity index (χ3v) is 5.61. The fourth-order valence-electron chi connectivity index (χ4n) is 3.97. The Hall–Kier alpha value is -2.79. The third kappa shape index (κ3) is 3.27. The van der Waals surface area contributed by atoms with Gasteiger partial charge in [0.25, 0.3) is 5.91 Å². The number of carbonyl (C=O) groups is 1. The van der Waals surface area contributed by atoms with Gasteiger partial charge in [0.1, 0.15) is 17.6 Å². The zero-order valence-electron chi connectivity index (χ0n) is 16.5. The second-order valence-corrected chi connectivity index (χ2v) is 7.22. The minimum Gasteiger partial charge on any atom is -0.495 e. The van der Waals surface area contributed by atoms with Crippen LogP contribution in [0.5, 0.6) is 11.5 Å². The number of hydrogen-bond donors (Lipinski definition) is 0. The Bertz CT molecular complexity index is 900. The summed E-state index contributed by atoms with van der Waals surface area (Å²) in [5, 5.41) is 0. The van der Waals surface area contributed by atoms with Gasteiger partial charge in [-0.25, -0.2) is 0 Å². The van der Waals surface area contributed by atoms with E-state index < -0.39 is 0 Å². The molecule has 2 aliphatic rings. The highest BCUT2D eigenvalue weighted by molar-refractivity contribution is 6.34. The van der Waals surface area contributed by atoms with Crippen molar-refractivity contribution in [2.75, 3.05) is 31.6 Å². The first-order valence-corrected chi connectivity index (χ1v) is 9.82. The number of rotatable bonds is 5. The molecule has 2 aromatic rings. The summed E-state index contributed by atoms with van der Waals surface area (Å²) >= 11 is 0. The predicted molar refractivity (Wildman–Crippen MR) is 111 cm³/mol. The summed E-state index contributed by atoms with van der Waals surface area (Å²) in [6, 6.07) is 13.3. The summed E-state index contributed by atoms with van der Waals surface area (Å²) in [6.07, 6.45) is 2.27. The average molecular weight is 378 g/mol. The number of methoxy groups -OCH3 is 1. The van der Waals surface area contributed by atoms with Crippen LogP contribution in [0.4, 0.5) is 11.4 Å². The fourth-order valence-corrected chi connectivity index (χ4v) is 3.97. The quantitative estimate of drug-likeness (QED) is 0.730. The van der Waals surface area contributed by atoms with Crippen LogP contribution in [0, 0.1) is 0 Å². The minimum absolute atomic E-state index is 0.132. The lowest BCUT2D eigenvalue weighted by atomic mass is 10.1. The van der Waals surface area contributed by atoms with Crippen LogP contribution in [0.1, 0.15) is 25.3 Å². The lowest BCUT2D eigenvalue weighted by Gasteiger charge is -2.31. The van der Waals surface area contributed by atoms with Gasteiger partial charge in [-0.2, -0.15) is 0 Å². The van der Waals surface area contributed by atoms with Crippen LogP contribution in [-0.2, 0) is 4.79 Å². The normalized spacial score (nSPS) is 17.7. The number of para-hydroxylation sites is 2. The first-order valence-electron chi connectivity index (χ1n) is 9.82. The molecule has 1 saturated heterocycles. The average Bonchev–Trinajstić information content (AvgIpc) is 2.98. The first-order chi connectivity index (χ1) is 13.6. The smallest absolute Gasteiger partial charge is 0.263 e. The Labute approximate surface area is 166 Å². The molecule has 0 radical (unpaired) electrons. The Morgan fingerprint density at radius 1 is 1.11 bits per heavy atom. The largest absolute Gasteiger partial charge is 0.495 e. The van der Waals surface area contributed by atoms with E-state index in [1.54, 1.807) is 12.0 Å². The van der Waals surface area contributed by atoms with Crippen molar-refractivity contribution < 1.29 is 14.3 Å². The van der Waals surface area contributed by atoms with Gasteiger partial charge in [0.2, 0.25) is 0 Å². The molecule has 2 aromatic carbocycles. The van der Waals surface area contributed by atoms with Gasteiger partial charge in [-0.05, 0) is 49.7 Å². The molecule has 0 bridgehead atoms. The van der Waals surface area contributed by atoms with E-state index in [2.05, 4.69) is 18.4 Å². The summed E-state index contributed by atoms with van der Waals surface area (Å²) in [4.78, 5) is 17.0. The molecular weight excluding hydrogens is 352 g/mol. The van der Waals surface area contributed by atoms with Crippen LogP contribution >= 0.6 is 0 Å². The number of piperidine rings is 1. The van der Waals surface area contributed by atoms with Gasteiger partial charge in [-0.15, -0.1) is 0 Å². The van der Waals surface area contributed by atoms with Crippen LogP contribution < -0.4 is 14.4 Å². The first kappa shape index (κ1) is 18.6. The second-order valence-electron chi connectivity index (χ2n) is 7.22. The molecule has 146 valence electrons. The van der Waals surface area contributed by atoms with Crippen molar-refractivity contribution in [1.82, 2.24) is 4.90 Å². The van der Waals surface area contributed by atoms with E-state index in [9.17, 15) is 4.79 Å². The van der Waals surface area contributed by atoms with Crippen LogP contribution in [-0.4, -0.2) is 43.7 Å². The summed E-state index contributed by atoms with van der Waals surface area (Å²) in [6.45, 7) is 9.44. The zero-order chi connectivity index (χ0) is 19.7. The van der Waals surface area contributed by atoms with Crippen molar-refractivity contribution in [3.63, 3.8) is 0 Å². The number of carbonyl (C=O) groups excluding carboxylic acids is 1. The van der Waals surface area contributed by atoms with Crippen molar-refractivity contribution in [2.45, 2.75) is 25.9 Å². The van der Waals surface area contributed by atoms with E-state index in [0.29, 0.717) is 11.3 Å². The molecule has 0 unspecified atom stereocenters. The van der Waals surface area contributed by atoms with Gasteiger partial charge in [0.15, 0.2) is 0 Å². The maximum atomic E-state index is 12.9. The number of ether oxygens (including phenoxy) is 2. The van der Waals surface area contributed by atoms with Gasteiger partial charge in [-0.1, -0.05) is 25.6 Å². The molecule has 5 nitrogen and oxygen atoms in total. The molecule has 0 atom stereocenters. The number of amides is 1. The Morgan fingerprint density at radius 2 is 1.86 bits per heavy atom. The molecule has 2 heterocycles. The van der Waals surface area contributed by atoms with E-state index in [0.717, 1.165) is 55.2 Å². The standard InChI is InChI=1S/C23H26N2O3/c1-4-24-13-11-17(12-14-24)28-18-9-10-20-19(15-18)16(2)23(26)25(20)21-7-5-6-8-22(21)27-3/h5-10,15,17H,2,4,11-14H2,1,3H3. The molecule has 2 aliphatic heterocycles. The van der Waals surface area contributed by atoms with E-state index in [4.69, 9.17) is 9.47 Å². The van der Waals surface area contributed by atoms with Crippen LogP contribution in [0.2, 0.25) is 0 Å². The van der Waals surface area contributed by atoms with Crippen molar-refractivity contribution >= 4 is 22.9 Å². The van der Waals surface area contributed by atoms with E-state index >= 15 is 0 Å². The van der Waals surface area contributed by atoms with Gasteiger partial charge in [0, 0.05) is 24.2 Å². The molecular formula is C23H26N2O3. The van der Waals surface area contributed by atoms with Gasteiger partial charge in [-0.3, -0.25) is 9.69 Å². The van der Waals surface area contributed by atoms with Gasteiger partial charge in [0.05, 0.1) is 18.5 Å². The fraction of sp³-hybridized carbons (Fsp3) is 0.348. The molecule has 5 heteroatoms. The highest BCUT2D eigenvalue weighted by Gasteiger charge is 2.34.